The lowest BCUT2D eigenvalue weighted by Crippen LogP contribution is -2.38. The number of amides is 1. The maximum Gasteiger partial charge on any atom is 0.267 e. The number of rotatable bonds is 6. The minimum absolute atomic E-state index is 0.0213. The van der Waals surface area contributed by atoms with Gasteiger partial charge in [0.05, 0.1) is 0 Å². The number of piperidine rings is 1. The van der Waals surface area contributed by atoms with E-state index in [-0.39, 0.29) is 5.91 Å². The van der Waals surface area contributed by atoms with Gasteiger partial charge in [-0.05, 0) is 60.8 Å². The molecule has 1 unspecified atom stereocenters. The van der Waals surface area contributed by atoms with Gasteiger partial charge in [-0.1, -0.05) is 13.3 Å². The predicted molar refractivity (Wildman–Crippen MR) is 89.6 cm³/mol. The Morgan fingerprint density at radius 2 is 2.10 bits per heavy atom. The molecular formula is C16H26BrN3O. The van der Waals surface area contributed by atoms with Crippen molar-refractivity contribution in [3.05, 3.63) is 22.4 Å². The number of nitrogens with zero attached hydrogens (tertiary/aromatic N) is 2. The Kier molecular flexibility index (Phi) is 6.30. The standard InChI is InChI=1S/C16H26BrN3O/c1-3-20-12-14(17)9-15(20)16(21)18-10-13(2)11-19-7-5-4-6-8-19/h9,12-13H,3-8,10-11H2,1-2H3,(H,18,21). The molecule has 2 rings (SSSR count). The highest BCUT2D eigenvalue weighted by Crippen LogP contribution is 2.15. The molecule has 5 heteroatoms. The lowest BCUT2D eigenvalue weighted by atomic mass is 10.1. The van der Waals surface area contributed by atoms with E-state index < -0.39 is 0 Å². The third-order valence-electron chi connectivity index (χ3n) is 4.07. The monoisotopic (exact) mass is 355 g/mol. The quantitative estimate of drug-likeness (QED) is 0.850. The van der Waals surface area contributed by atoms with Crippen LogP contribution in [-0.4, -0.2) is 41.6 Å². The zero-order valence-corrected chi connectivity index (χ0v) is 14.7. The highest BCUT2D eigenvalue weighted by molar-refractivity contribution is 9.10. The topological polar surface area (TPSA) is 37.3 Å². The summed E-state index contributed by atoms with van der Waals surface area (Å²) in [5.41, 5.74) is 0.731. The summed E-state index contributed by atoms with van der Waals surface area (Å²) in [4.78, 5) is 14.8. The Morgan fingerprint density at radius 3 is 2.76 bits per heavy atom. The number of aromatic nitrogens is 1. The van der Waals surface area contributed by atoms with Crippen LogP contribution >= 0.6 is 15.9 Å². The zero-order chi connectivity index (χ0) is 15.2. The minimum Gasteiger partial charge on any atom is -0.350 e. The van der Waals surface area contributed by atoms with Gasteiger partial charge in [-0.15, -0.1) is 0 Å². The fourth-order valence-corrected chi connectivity index (χ4v) is 3.40. The number of halogens is 1. The Balaban J connectivity index is 1.79. The number of nitrogens with one attached hydrogen (secondary N) is 1. The lowest BCUT2D eigenvalue weighted by Gasteiger charge is -2.29. The molecule has 0 spiro atoms. The first-order chi connectivity index (χ1) is 10.1. The molecular weight excluding hydrogens is 330 g/mol. The molecule has 2 heterocycles. The van der Waals surface area contributed by atoms with Gasteiger partial charge in [-0.3, -0.25) is 4.79 Å². The second kappa shape index (κ2) is 7.99. The second-order valence-electron chi connectivity index (χ2n) is 6.01. The number of hydrogen-bond acceptors (Lipinski definition) is 2. The van der Waals surface area contributed by atoms with E-state index in [9.17, 15) is 4.79 Å². The van der Waals surface area contributed by atoms with Crippen molar-refractivity contribution in [3.63, 3.8) is 0 Å². The molecule has 0 saturated carbocycles. The van der Waals surface area contributed by atoms with Gasteiger partial charge in [0, 0.05) is 30.3 Å². The van der Waals surface area contributed by atoms with Gasteiger partial charge in [-0.2, -0.15) is 0 Å². The average Bonchev–Trinajstić information content (AvgIpc) is 2.87. The highest BCUT2D eigenvalue weighted by atomic mass is 79.9. The molecule has 1 aromatic rings. The van der Waals surface area contributed by atoms with Crippen LogP contribution < -0.4 is 5.32 Å². The summed E-state index contributed by atoms with van der Waals surface area (Å²) in [6.45, 7) is 9.30. The van der Waals surface area contributed by atoms with Crippen LogP contribution in [0.5, 0.6) is 0 Å². The zero-order valence-electron chi connectivity index (χ0n) is 13.1. The van der Waals surface area contributed by atoms with Gasteiger partial charge in [-0.25, -0.2) is 0 Å². The van der Waals surface area contributed by atoms with Crippen LogP contribution in [0.25, 0.3) is 0 Å². The van der Waals surface area contributed by atoms with E-state index in [0.717, 1.165) is 29.8 Å². The molecule has 1 N–H and O–H groups in total. The predicted octanol–water partition coefficient (Wildman–Crippen LogP) is 3.12. The van der Waals surface area contributed by atoms with E-state index in [1.807, 2.05) is 23.8 Å². The summed E-state index contributed by atoms with van der Waals surface area (Å²) in [5.74, 6) is 0.508. The van der Waals surface area contributed by atoms with Crippen molar-refractivity contribution in [1.82, 2.24) is 14.8 Å². The average molecular weight is 356 g/mol. The smallest absolute Gasteiger partial charge is 0.267 e. The Labute approximate surface area is 136 Å². The van der Waals surface area contributed by atoms with Crippen LogP contribution in [-0.2, 0) is 6.54 Å². The van der Waals surface area contributed by atoms with Gasteiger partial charge >= 0.3 is 0 Å². The fraction of sp³-hybridized carbons (Fsp3) is 0.688. The van der Waals surface area contributed by atoms with E-state index in [1.165, 1.54) is 32.4 Å². The molecule has 1 atom stereocenters. The largest absolute Gasteiger partial charge is 0.350 e. The van der Waals surface area contributed by atoms with Crippen LogP contribution in [0.1, 0.15) is 43.6 Å². The molecule has 0 aromatic carbocycles. The molecule has 1 fully saturated rings. The molecule has 1 amide bonds. The first-order valence-electron chi connectivity index (χ1n) is 7.96. The number of hydrogen-bond donors (Lipinski definition) is 1. The summed E-state index contributed by atoms with van der Waals surface area (Å²) in [6, 6.07) is 1.88. The van der Waals surface area contributed by atoms with E-state index in [1.54, 1.807) is 0 Å². The molecule has 1 saturated heterocycles. The van der Waals surface area contributed by atoms with Crippen molar-refractivity contribution in [3.8, 4) is 0 Å². The Hall–Kier alpha value is -0.810. The van der Waals surface area contributed by atoms with E-state index in [2.05, 4.69) is 33.1 Å². The lowest BCUT2D eigenvalue weighted by molar-refractivity contribution is 0.0933. The Bertz CT molecular complexity index is 466. The molecule has 0 aliphatic carbocycles. The number of aryl methyl sites for hydroxylation is 1. The van der Waals surface area contributed by atoms with E-state index in [0.29, 0.717) is 5.92 Å². The van der Waals surface area contributed by atoms with Crippen LogP contribution in [0, 0.1) is 5.92 Å². The van der Waals surface area contributed by atoms with Crippen molar-refractivity contribution >= 4 is 21.8 Å². The van der Waals surface area contributed by atoms with Crippen molar-refractivity contribution in [2.75, 3.05) is 26.2 Å². The van der Waals surface area contributed by atoms with Gasteiger partial charge < -0.3 is 14.8 Å². The van der Waals surface area contributed by atoms with E-state index >= 15 is 0 Å². The summed E-state index contributed by atoms with van der Waals surface area (Å²) >= 11 is 3.43. The first kappa shape index (κ1) is 16.6. The maximum absolute atomic E-state index is 12.3. The van der Waals surface area contributed by atoms with Gasteiger partial charge in [0.25, 0.3) is 5.91 Å². The van der Waals surface area contributed by atoms with Crippen LogP contribution in [0.15, 0.2) is 16.7 Å². The van der Waals surface area contributed by atoms with Crippen molar-refractivity contribution < 1.29 is 4.79 Å². The summed E-state index contributed by atoms with van der Waals surface area (Å²) in [7, 11) is 0. The van der Waals surface area contributed by atoms with Crippen molar-refractivity contribution in [2.45, 2.75) is 39.7 Å². The molecule has 1 aromatic heterocycles. The summed E-state index contributed by atoms with van der Waals surface area (Å²) in [5, 5.41) is 3.07. The van der Waals surface area contributed by atoms with Crippen LogP contribution in [0.4, 0.5) is 0 Å². The van der Waals surface area contributed by atoms with Crippen molar-refractivity contribution in [2.24, 2.45) is 5.92 Å². The third-order valence-corrected chi connectivity index (χ3v) is 4.50. The third kappa shape index (κ3) is 4.85. The molecule has 4 nitrogen and oxygen atoms in total. The van der Waals surface area contributed by atoms with Crippen LogP contribution in [0.3, 0.4) is 0 Å². The second-order valence-corrected chi connectivity index (χ2v) is 6.92. The number of carbonyl (C=O) groups excluding carboxylic acids is 1. The molecule has 0 radical (unpaired) electrons. The highest BCUT2D eigenvalue weighted by Gasteiger charge is 2.16. The molecule has 1 aliphatic rings. The van der Waals surface area contributed by atoms with Gasteiger partial charge in [0.15, 0.2) is 0 Å². The van der Waals surface area contributed by atoms with Gasteiger partial charge in [0.2, 0.25) is 0 Å². The normalized spacial score (nSPS) is 17.7. The SMILES string of the molecule is CCn1cc(Br)cc1C(=O)NCC(C)CN1CCCCC1. The minimum atomic E-state index is 0.0213. The van der Waals surface area contributed by atoms with Crippen LogP contribution in [0.2, 0.25) is 0 Å². The van der Waals surface area contributed by atoms with Gasteiger partial charge in [0.1, 0.15) is 5.69 Å². The number of likely N-dealkylation sites (tertiary alicyclic amines) is 1. The first-order valence-corrected chi connectivity index (χ1v) is 8.75. The summed E-state index contributed by atoms with van der Waals surface area (Å²) in [6.07, 6.45) is 5.95. The number of carbonyl (C=O) groups is 1. The maximum atomic E-state index is 12.3. The van der Waals surface area contributed by atoms with E-state index in [4.69, 9.17) is 0 Å². The molecule has 1 aliphatic heterocycles. The molecule has 0 bridgehead atoms. The molecule has 21 heavy (non-hydrogen) atoms. The fourth-order valence-electron chi connectivity index (χ4n) is 2.93. The Morgan fingerprint density at radius 1 is 1.38 bits per heavy atom. The summed E-state index contributed by atoms with van der Waals surface area (Å²) < 4.78 is 2.92. The van der Waals surface area contributed by atoms with Crippen molar-refractivity contribution in [1.29, 1.82) is 0 Å². The molecule has 118 valence electrons.